The number of ether oxygens (including phenoxy) is 1. The number of carboxylic acid groups (broad SMARTS) is 1. The highest BCUT2D eigenvalue weighted by atomic mass is 16.5. The molecule has 0 aliphatic rings. The summed E-state index contributed by atoms with van der Waals surface area (Å²) in [5, 5.41) is 14.3. The van der Waals surface area contributed by atoms with E-state index in [4.69, 9.17) is 9.15 Å². The molecule has 154 valence electrons. The van der Waals surface area contributed by atoms with Crippen LogP contribution in [0.1, 0.15) is 36.4 Å². The van der Waals surface area contributed by atoms with E-state index in [1.54, 1.807) is 30.3 Å². The highest BCUT2D eigenvalue weighted by molar-refractivity contribution is 6.05. The van der Waals surface area contributed by atoms with Gasteiger partial charge in [0.25, 0.3) is 11.8 Å². The predicted molar refractivity (Wildman–Crippen MR) is 106 cm³/mol. The number of furan rings is 1. The third kappa shape index (κ3) is 6.53. The van der Waals surface area contributed by atoms with Crippen molar-refractivity contribution in [2.75, 3.05) is 7.11 Å². The number of nitrogens with one attached hydrogen (secondary N) is 2. The molecule has 0 bridgehead atoms. The molecule has 0 aliphatic heterocycles. The minimum absolute atomic E-state index is 0.0235. The topological polar surface area (TPSA) is 118 Å². The summed E-state index contributed by atoms with van der Waals surface area (Å²) in [6, 6.07) is 8.73. The van der Waals surface area contributed by atoms with E-state index in [0.29, 0.717) is 11.3 Å². The number of aliphatic carboxylic acids is 1. The van der Waals surface area contributed by atoms with Gasteiger partial charge in [0.2, 0.25) is 0 Å². The van der Waals surface area contributed by atoms with E-state index in [-0.39, 0.29) is 23.8 Å². The first kappa shape index (κ1) is 21.7. The number of carbonyl (C=O) groups excluding carboxylic acids is 2. The molecule has 1 aromatic heterocycles. The quantitative estimate of drug-likeness (QED) is 0.557. The normalized spacial score (nSPS) is 12.3. The molecule has 2 aromatic rings. The van der Waals surface area contributed by atoms with E-state index in [2.05, 4.69) is 10.6 Å². The minimum atomic E-state index is -1.15. The van der Waals surface area contributed by atoms with E-state index < -0.39 is 23.8 Å². The Morgan fingerprint density at radius 3 is 2.38 bits per heavy atom. The summed E-state index contributed by atoms with van der Waals surface area (Å²) in [7, 11) is 1.54. The summed E-state index contributed by atoms with van der Waals surface area (Å²) < 4.78 is 10.2. The van der Waals surface area contributed by atoms with Crippen molar-refractivity contribution in [2.45, 2.75) is 26.3 Å². The average molecular weight is 400 g/mol. The summed E-state index contributed by atoms with van der Waals surface area (Å²) in [6.07, 6.45) is 3.04. The van der Waals surface area contributed by atoms with Gasteiger partial charge < -0.3 is 24.9 Å². The van der Waals surface area contributed by atoms with Crippen LogP contribution in [-0.2, 0) is 9.59 Å². The van der Waals surface area contributed by atoms with Gasteiger partial charge >= 0.3 is 5.97 Å². The van der Waals surface area contributed by atoms with Crippen LogP contribution in [0.2, 0.25) is 0 Å². The summed E-state index contributed by atoms with van der Waals surface area (Å²) >= 11 is 0. The van der Waals surface area contributed by atoms with Crippen molar-refractivity contribution in [1.29, 1.82) is 0 Å². The highest BCUT2D eigenvalue weighted by Gasteiger charge is 2.24. The number of amides is 2. The van der Waals surface area contributed by atoms with Gasteiger partial charge in [-0.25, -0.2) is 4.79 Å². The Hall–Kier alpha value is -3.55. The standard InChI is InChI=1S/C21H24N2O6/c1-13(2)11-17(21(26)27)23-19(24)16(22-20(25)18-5-4-10-29-18)12-14-6-8-15(28-3)9-7-14/h4-10,12-13,17H,11H2,1-3H3,(H,22,25)(H,23,24)(H,26,27)/b16-12-. The zero-order valence-corrected chi connectivity index (χ0v) is 16.5. The number of carbonyl (C=O) groups is 3. The third-order valence-corrected chi connectivity index (χ3v) is 3.98. The summed E-state index contributed by atoms with van der Waals surface area (Å²) in [5.74, 6) is -1.77. The average Bonchev–Trinajstić information content (AvgIpc) is 3.22. The maximum absolute atomic E-state index is 12.8. The molecule has 0 aliphatic carbocycles. The second-order valence-corrected chi connectivity index (χ2v) is 6.76. The molecule has 1 atom stereocenters. The third-order valence-electron chi connectivity index (χ3n) is 3.98. The van der Waals surface area contributed by atoms with E-state index >= 15 is 0 Å². The van der Waals surface area contributed by atoms with Gasteiger partial charge in [-0.2, -0.15) is 0 Å². The minimum Gasteiger partial charge on any atom is -0.497 e. The molecule has 0 spiro atoms. The Morgan fingerprint density at radius 1 is 1.17 bits per heavy atom. The lowest BCUT2D eigenvalue weighted by molar-refractivity contribution is -0.141. The van der Waals surface area contributed by atoms with Gasteiger partial charge in [-0.1, -0.05) is 26.0 Å². The van der Waals surface area contributed by atoms with Crippen LogP contribution in [0.25, 0.3) is 6.08 Å². The van der Waals surface area contributed by atoms with E-state index in [1.807, 2.05) is 13.8 Å². The van der Waals surface area contributed by atoms with Crippen LogP contribution >= 0.6 is 0 Å². The van der Waals surface area contributed by atoms with Gasteiger partial charge in [-0.05, 0) is 48.2 Å². The van der Waals surface area contributed by atoms with Gasteiger partial charge in [-0.15, -0.1) is 0 Å². The van der Waals surface area contributed by atoms with Crippen molar-refractivity contribution >= 4 is 23.9 Å². The van der Waals surface area contributed by atoms with Gasteiger partial charge in [0.15, 0.2) is 5.76 Å². The van der Waals surface area contributed by atoms with Crippen molar-refractivity contribution in [2.24, 2.45) is 5.92 Å². The van der Waals surface area contributed by atoms with Crippen LogP contribution in [-0.4, -0.2) is 36.0 Å². The highest BCUT2D eigenvalue weighted by Crippen LogP contribution is 2.14. The van der Waals surface area contributed by atoms with Gasteiger partial charge in [0, 0.05) is 0 Å². The van der Waals surface area contributed by atoms with Crippen LogP contribution < -0.4 is 15.4 Å². The van der Waals surface area contributed by atoms with Crippen LogP contribution in [0.5, 0.6) is 5.75 Å². The molecule has 0 fully saturated rings. The van der Waals surface area contributed by atoms with Crippen LogP contribution in [0.4, 0.5) is 0 Å². The molecule has 1 heterocycles. The van der Waals surface area contributed by atoms with Gasteiger partial charge in [0.05, 0.1) is 13.4 Å². The van der Waals surface area contributed by atoms with E-state index in [1.165, 1.54) is 25.5 Å². The molecule has 29 heavy (non-hydrogen) atoms. The summed E-state index contributed by atoms with van der Waals surface area (Å²) in [6.45, 7) is 3.71. The molecule has 0 saturated heterocycles. The molecule has 2 rings (SSSR count). The molecule has 8 heteroatoms. The Balaban J connectivity index is 2.28. The number of hydrogen-bond donors (Lipinski definition) is 3. The number of methoxy groups -OCH3 is 1. The van der Waals surface area contributed by atoms with Crippen LogP contribution in [0, 0.1) is 5.92 Å². The number of benzene rings is 1. The van der Waals surface area contributed by atoms with Crippen LogP contribution in [0.3, 0.4) is 0 Å². The molecule has 0 radical (unpaired) electrons. The largest absolute Gasteiger partial charge is 0.497 e. The first-order valence-electron chi connectivity index (χ1n) is 9.04. The predicted octanol–water partition coefficient (Wildman–Crippen LogP) is 2.67. The molecule has 8 nitrogen and oxygen atoms in total. The molecule has 2 amide bonds. The van der Waals surface area contributed by atoms with Crippen molar-refractivity contribution in [3.63, 3.8) is 0 Å². The second kappa shape index (κ2) is 10.1. The Bertz CT molecular complexity index is 869. The zero-order chi connectivity index (χ0) is 21.4. The Labute approximate surface area is 168 Å². The van der Waals surface area contributed by atoms with E-state index in [9.17, 15) is 19.5 Å². The Kier molecular flexibility index (Phi) is 7.59. The molecular formula is C21H24N2O6. The Morgan fingerprint density at radius 2 is 1.86 bits per heavy atom. The molecule has 0 saturated carbocycles. The number of carboxylic acids is 1. The van der Waals surface area contributed by atoms with E-state index in [0.717, 1.165) is 0 Å². The fourth-order valence-corrected chi connectivity index (χ4v) is 2.55. The van der Waals surface area contributed by atoms with Crippen molar-refractivity contribution in [1.82, 2.24) is 10.6 Å². The number of hydrogen-bond acceptors (Lipinski definition) is 5. The summed E-state index contributed by atoms with van der Waals surface area (Å²) in [4.78, 5) is 36.6. The van der Waals surface area contributed by atoms with Gasteiger partial charge in [-0.3, -0.25) is 9.59 Å². The first-order valence-corrected chi connectivity index (χ1v) is 9.04. The lowest BCUT2D eigenvalue weighted by atomic mass is 10.0. The lowest BCUT2D eigenvalue weighted by Crippen LogP contribution is -2.44. The number of rotatable bonds is 9. The van der Waals surface area contributed by atoms with Gasteiger partial charge in [0.1, 0.15) is 17.5 Å². The maximum atomic E-state index is 12.8. The summed E-state index contributed by atoms with van der Waals surface area (Å²) in [5.41, 5.74) is 0.512. The fraction of sp³-hybridized carbons (Fsp3) is 0.286. The SMILES string of the molecule is COc1ccc(/C=C(\NC(=O)c2ccco2)C(=O)NC(CC(C)C)C(=O)O)cc1. The fourth-order valence-electron chi connectivity index (χ4n) is 2.55. The molecule has 1 unspecified atom stereocenters. The lowest BCUT2D eigenvalue weighted by Gasteiger charge is -2.18. The smallest absolute Gasteiger partial charge is 0.326 e. The molecular weight excluding hydrogens is 376 g/mol. The van der Waals surface area contributed by atoms with Crippen molar-refractivity contribution in [3.8, 4) is 5.75 Å². The maximum Gasteiger partial charge on any atom is 0.326 e. The first-order chi connectivity index (χ1) is 13.8. The zero-order valence-electron chi connectivity index (χ0n) is 16.5. The monoisotopic (exact) mass is 400 g/mol. The van der Waals surface area contributed by atoms with Crippen molar-refractivity contribution < 1.29 is 28.6 Å². The van der Waals surface area contributed by atoms with Crippen molar-refractivity contribution in [3.05, 3.63) is 59.7 Å². The van der Waals surface area contributed by atoms with Crippen LogP contribution in [0.15, 0.2) is 52.8 Å². The second-order valence-electron chi connectivity index (χ2n) is 6.76. The molecule has 3 N–H and O–H groups in total. The molecule has 1 aromatic carbocycles.